The number of rotatable bonds is 6. The van der Waals surface area contributed by atoms with Crippen LogP contribution in [0.3, 0.4) is 0 Å². The summed E-state index contributed by atoms with van der Waals surface area (Å²) >= 11 is 0. The molecule has 1 N–H and O–H groups in total. The molecule has 0 saturated carbocycles. The molecule has 126 valence electrons. The van der Waals surface area contributed by atoms with E-state index < -0.39 is 0 Å². The van der Waals surface area contributed by atoms with Crippen molar-refractivity contribution < 1.29 is 4.79 Å². The summed E-state index contributed by atoms with van der Waals surface area (Å²) in [6.07, 6.45) is 3.15. The van der Waals surface area contributed by atoms with Crippen LogP contribution < -0.4 is 5.32 Å². The van der Waals surface area contributed by atoms with Crippen molar-refractivity contribution in [1.82, 2.24) is 10.2 Å². The van der Waals surface area contributed by atoms with E-state index in [-0.39, 0.29) is 11.9 Å². The van der Waals surface area contributed by atoms with Crippen molar-refractivity contribution in [2.45, 2.75) is 51.4 Å². The summed E-state index contributed by atoms with van der Waals surface area (Å²) in [7, 11) is 0. The largest absolute Gasteiger partial charge is 0.351 e. The Hall–Kier alpha value is -2.13. The second-order valence-electron chi connectivity index (χ2n) is 6.52. The SMILES string of the molecule is CCC1CCC(C(=O)NCc2ccccc2)N1Cc1ccccc1. The summed E-state index contributed by atoms with van der Waals surface area (Å²) in [4.78, 5) is 15.1. The second kappa shape index (κ2) is 8.11. The van der Waals surface area contributed by atoms with Gasteiger partial charge in [0, 0.05) is 19.1 Å². The highest BCUT2D eigenvalue weighted by atomic mass is 16.2. The first-order valence-electron chi connectivity index (χ1n) is 8.89. The Balaban J connectivity index is 1.64. The van der Waals surface area contributed by atoms with Gasteiger partial charge in [0.1, 0.15) is 0 Å². The normalized spacial score (nSPS) is 20.9. The van der Waals surface area contributed by atoms with Crippen molar-refractivity contribution in [1.29, 1.82) is 0 Å². The maximum atomic E-state index is 12.7. The lowest BCUT2D eigenvalue weighted by Gasteiger charge is -2.29. The van der Waals surface area contributed by atoms with E-state index in [1.807, 2.05) is 36.4 Å². The van der Waals surface area contributed by atoms with Gasteiger partial charge in [-0.25, -0.2) is 0 Å². The average Bonchev–Trinajstić information content (AvgIpc) is 3.04. The van der Waals surface area contributed by atoms with Crippen LogP contribution in [0.25, 0.3) is 0 Å². The molecular weight excluding hydrogens is 296 g/mol. The van der Waals surface area contributed by atoms with E-state index in [0.717, 1.165) is 31.4 Å². The highest BCUT2D eigenvalue weighted by molar-refractivity contribution is 5.82. The molecule has 3 nitrogen and oxygen atoms in total. The monoisotopic (exact) mass is 322 g/mol. The first-order valence-corrected chi connectivity index (χ1v) is 8.89. The number of hydrogen-bond donors (Lipinski definition) is 1. The molecule has 1 saturated heterocycles. The summed E-state index contributed by atoms with van der Waals surface area (Å²) in [5, 5.41) is 3.12. The average molecular weight is 322 g/mol. The predicted molar refractivity (Wildman–Crippen MR) is 97.4 cm³/mol. The van der Waals surface area contributed by atoms with E-state index in [4.69, 9.17) is 0 Å². The molecule has 1 amide bonds. The fourth-order valence-electron chi connectivity index (χ4n) is 3.59. The summed E-state index contributed by atoms with van der Waals surface area (Å²) in [5.41, 5.74) is 2.42. The van der Waals surface area contributed by atoms with Crippen molar-refractivity contribution in [3.8, 4) is 0 Å². The van der Waals surface area contributed by atoms with Crippen molar-refractivity contribution >= 4 is 5.91 Å². The minimum absolute atomic E-state index is 0.0149. The molecule has 24 heavy (non-hydrogen) atoms. The molecule has 1 heterocycles. The molecule has 2 atom stereocenters. The number of hydrogen-bond acceptors (Lipinski definition) is 2. The number of likely N-dealkylation sites (tertiary alicyclic amines) is 1. The van der Waals surface area contributed by atoms with Crippen LogP contribution in [0.2, 0.25) is 0 Å². The maximum Gasteiger partial charge on any atom is 0.237 e. The van der Waals surface area contributed by atoms with Gasteiger partial charge in [-0.15, -0.1) is 0 Å². The number of carbonyl (C=O) groups is 1. The molecule has 0 radical (unpaired) electrons. The standard InChI is InChI=1S/C21H26N2O/c1-2-19-13-14-20(23(19)16-18-11-7-4-8-12-18)21(24)22-15-17-9-5-3-6-10-17/h3-12,19-20H,2,13-16H2,1H3,(H,22,24). The zero-order valence-electron chi connectivity index (χ0n) is 14.3. The predicted octanol–water partition coefficient (Wildman–Crippen LogP) is 3.75. The minimum atomic E-state index is -0.0149. The summed E-state index contributed by atoms with van der Waals surface area (Å²) < 4.78 is 0. The topological polar surface area (TPSA) is 32.3 Å². The Morgan fingerprint density at radius 3 is 2.25 bits per heavy atom. The zero-order chi connectivity index (χ0) is 16.8. The van der Waals surface area contributed by atoms with Crippen LogP contribution in [-0.4, -0.2) is 22.9 Å². The van der Waals surface area contributed by atoms with Gasteiger partial charge in [0.05, 0.1) is 6.04 Å². The van der Waals surface area contributed by atoms with Crippen LogP contribution >= 0.6 is 0 Å². The van der Waals surface area contributed by atoms with Gasteiger partial charge in [-0.3, -0.25) is 9.69 Å². The van der Waals surface area contributed by atoms with Crippen LogP contribution in [0.1, 0.15) is 37.3 Å². The molecule has 3 rings (SSSR count). The number of nitrogens with one attached hydrogen (secondary N) is 1. The Morgan fingerprint density at radius 1 is 1.00 bits per heavy atom. The van der Waals surface area contributed by atoms with Gasteiger partial charge in [0.15, 0.2) is 0 Å². The van der Waals surface area contributed by atoms with Crippen LogP contribution in [-0.2, 0) is 17.9 Å². The summed E-state index contributed by atoms with van der Waals surface area (Å²) in [6.45, 7) is 3.67. The second-order valence-corrected chi connectivity index (χ2v) is 6.52. The van der Waals surface area contributed by atoms with Gasteiger partial charge < -0.3 is 5.32 Å². The van der Waals surface area contributed by atoms with E-state index >= 15 is 0 Å². The van der Waals surface area contributed by atoms with Crippen molar-refractivity contribution in [3.63, 3.8) is 0 Å². The van der Waals surface area contributed by atoms with Gasteiger partial charge in [-0.2, -0.15) is 0 Å². The number of nitrogens with zero attached hydrogens (tertiary/aromatic N) is 1. The fraction of sp³-hybridized carbons (Fsp3) is 0.381. The van der Waals surface area contributed by atoms with Crippen LogP contribution in [0.15, 0.2) is 60.7 Å². The summed E-state index contributed by atoms with van der Waals surface area (Å²) in [5.74, 6) is 0.158. The molecule has 3 heteroatoms. The Bertz CT molecular complexity index is 641. The van der Waals surface area contributed by atoms with E-state index in [1.165, 1.54) is 5.56 Å². The Kier molecular flexibility index (Phi) is 5.65. The van der Waals surface area contributed by atoms with Crippen LogP contribution in [0.4, 0.5) is 0 Å². The Morgan fingerprint density at radius 2 is 1.62 bits per heavy atom. The molecule has 2 aromatic carbocycles. The van der Waals surface area contributed by atoms with E-state index in [0.29, 0.717) is 12.6 Å². The lowest BCUT2D eigenvalue weighted by atomic mass is 10.1. The van der Waals surface area contributed by atoms with Gasteiger partial charge in [0.25, 0.3) is 0 Å². The lowest BCUT2D eigenvalue weighted by Crippen LogP contribution is -2.45. The van der Waals surface area contributed by atoms with Gasteiger partial charge >= 0.3 is 0 Å². The molecule has 0 aliphatic carbocycles. The number of amides is 1. The van der Waals surface area contributed by atoms with E-state index in [9.17, 15) is 4.79 Å². The van der Waals surface area contributed by atoms with Gasteiger partial charge in [0.2, 0.25) is 5.91 Å². The first-order chi connectivity index (χ1) is 11.8. The molecule has 2 aromatic rings. The highest BCUT2D eigenvalue weighted by Crippen LogP contribution is 2.28. The highest BCUT2D eigenvalue weighted by Gasteiger charge is 2.36. The third kappa shape index (κ3) is 4.04. The third-order valence-electron chi connectivity index (χ3n) is 4.93. The van der Waals surface area contributed by atoms with Crippen LogP contribution in [0, 0.1) is 0 Å². The molecule has 0 aromatic heterocycles. The van der Waals surface area contributed by atoms with Gasteiger partial charge in [-0.1, -0.05) is 67.6 Å². The van der Waals surface area contributed by atoms with Crippen molar-refractivity contribution in [3.05, 3.63) is 71.8 Å². The maximum absolute atomic E-state index is 12.7. The molecule has 0 spiro atoms. The lowest BCUT2D eigenvalue weighted by molar-refractivity contribution is -0.126. The van der Waals surface area contributed by atoms with E-state index in [1.54, 1.807) is 0 Å². The first kappa shape index (κ1) is 16.7. The van der Waals surface area contributed by atoms with Crippen LogP contribution in [0.5, 0.6) is 0 Å². The molecule has 1 fully saturated rings. The van der Waals surface area contributed by atoms with Gasteiger partial charge in [-0.05, 0) is 30.4 Å². The van der Waals surface area contributed by atoms with Crippen molar-refractivity contribution in [2.75, 3.05) is 0 Å². The Labute approximate surface area is 144 Å². The third-order valence-corrected chi connectivity index (χ3v) is 4.93. The molecular formula is C21H26N2O. The molecule has 1 aliphatic heterocycles. The fourth-order valence-corrected chi connectivity index (χ4v) is 3.59. The zero-order valence-corrected chi connectivity index (χ0v) is 14.3. The molecule has 2 unspecified atom stereocenters. The number of benzene rings is 2. The summed E-state index contributed by atoms with van der Waals surface area (Å²) in [6, 6.07) is 21.0. The molecule has 1 aliphatic rings. The smallest absolute Gasteiger partial charge is 0.237 e. The molecule has 0 bridgehead atoms. The van der Waals surface area contributed by atoms with E-state index in [2.05, 4.69) is 41.4 Å². The number of carbonyl (C=O) groups excluding carboxylic acids is 1. The quantitative estimate of drug-likeness (QED) is 0.878. The van der Waals surface area contributed by atoms with Crippen molar-refractivity contribution in [2.24, 2.45) is 0 Å². The minimum Gasteiger partial charge on any atom is -0.351 e.